The van der Waals surface area contributed by atoms with E-state index in [9.17, 15) is 4.79 Å². The molecule has 0 saturated carbocycles. The van der Waals surface area contributed by atoms with E-state index in [4.69, 9.17) is 9.15 Å². The number of furan rings is 1. The van der Waals surface area contributed by atoms with Crippen molar-refractivity contribution in [3.63, 3.8) is 0 Å². The number of carbonyl (C=O) groups excluding carboxylic acids is 1. The first kappa shape index (κ1) is 16.7. The molecular weight excluding hydrogens is 336 g/mol. The molecule has 1 atom stereocenters. The Hall–Kier alpha value is -1.79. The van der Waals surface area contributed by atoms with Gasteiger partial charge in [-0.05, 0) is 37.6 Å². The Kier molecular flexibility index (Phi) is 4.56. The molecule has 0 N–H and O–H groups in total. The third-order valence-electron chi connectivity index (χ3n) is 4.80. The molecule has 25 heavy (non-hydrogen) atoms. The van der Waals surface area contributed by atoms with E-state index in [0.717, 1.165) is 42.4 Å². The third-order valence-corrected chi connectivity index (χ3v) is 6.38. The van der Waals surface area contributed by atoms with Crippen LogP contribution in [0.4, 0.5) is 0 Å². The Morgan fingerprint density at radius 2 is 2.28 bits per heavy atom. The highest BCUT2D eigenvalue weighted by atomic mass is 32.2. The fourth-order valence-electron chi connectivity index (χ4n) is 3.51. The molecule has 0 radical (unpaired) electrons. The van der Waals surface area contributed by atoms with Gasteiger partial charge in [0.25, 0.3) is 0 Å². The summed E-state index contributed by atoms with van der Waals surface area (Å²) in [5.41, 5.74) is 2.00. The fraction of sp³-hybridized carbons (Fsp3) is 0.474. The summed E-state index contributed by atoms with van der Waals surface area (Å²) in [6, 6.07) is 9.68. The monoisotopic (exact) mass is 358 g/mol. The van der Waals surface area contributed by atoms with Crippen LogP contribution >= 0.6 is 11.8 Å². The zero-order chi connectivity index (χ0) is 17.3. The van der Waals surface area contributed by atoms with Crippen LogP contribution in [0.15, 0.2) is 41.0 Å². The predicted molar refractivity (Wildman–Crippen MR) is 96.3 cm³/mol. The SMILES string of the molecule is Cc1cccc(CO[C@H]2CSC3(C2)CN(C(=O)Cc2ccco2)C3)n1. The zero-order valence-electron chi connectivity index (χ0n) is 14.3. The van der Waals surface area contributed by atoms with E-state index >= 15 is 0 Å². The summed E-state index contributed by atoms with van der Waals surface area (Å²) in [5, 5.41) is 0. The average molecular weight is 358 g/mol. The lowest BCUT2D eigenvalue weighted by Gasteiger charge is -2.47. The van der Waals surface area contributed by atoms with Gasteiger partial charge in [0, 0.05) is 24.5 Å². The Balaban J connectivity index is 1.24. The van der Waals surface area contributed by atoms with Crippen molar-refractivity contribution in [3.05, 3.63) is 53.7 Å². The highest BCUT2D eigenvalue weighted by Gasteiger charge is 2.50. The Morgan fingerprint density at radius 1 is 1.40 bits per heavy atom. The van der Waals surface area contributed by atoms with Crippen LogP contribution in [-0.4, -0.2) is 45.5 Å². The molecule has 2 fully saturated rings. The molecule has 0 bridgehead atoms. The summed E-state index contributed by atoms with van der Waals surface area (Å²) in [6.07, 6.45) is 3.22. The van der Waals surface area contributed by atoms with E-state index in [1.807, 2.05) is 53.9 Å². The van der Waals surface area contributed by atoms with Gasteiger partial charge in [-0.15, -0.1) is 11.8 Å². The Bertz CT molecular complexity index is 741. The molecule has 0 aromatic carbocycles. The van der Waals surface area contributed by atoms with Gasteiger partial charge in [-0.1, -0.05) is 6.07 Å². The van der Waals surface area contributed by atoms with Gasteiger partial charge in [0.15, 0.2) is 0 Å². The lowest BCUT2D eigenvalue weighted by atomic mass is 9.92. The van der Waals surface area contributed by atoms with Crippen LogP contribution in [0.1, 0.15) is 23.6 Å². The number of nitrogens with zero attached hydrogens (tertiary/aromatic N) is 2. The largest absolute Gasteiger partial charge is 0.469 e. The quantitative estimate of drug-likeness (QED) is 0.823. The van der Waals surface area contributed by atoms with Gasteiger partial charge < -0.3 is 14.1 Å². The predicted octanol–water partition coefficient (Wildman–Crippen LogP) is 2.83. The van der Waals surface area contributed by atoms with Crippen LogP contribution in [0.3, 0.4) is 0 Å². The van der Waals surface area contributed by atoms with Crippen molar-refractivity contribution in [1.29, 1.82) is 0 Å². The standard InChI is InChI=1S/C19H22N2O3S/c1-14-4-2-5-15(20-14)10-24-17-9-19(25-11-17)12-21(13-19)18(22)8-16-6-3-7-23-16/h2-7,17H,8-13H2,1H3/t17-/m1/s1. The lowest BCUT2D eigenvalue weighted by molar-refractivity contribution is -0.136. The number of aryl methyl sites for hydroxylation is 1. The van der Waals surface area contributed by atoms with E-state index in [-0.39, 0.29) is 16.8 Å². The zero-order valence-corrected chi connectivity index (χ0v) is 15.1. The number of pyridine rings is 1. The molecule has 4 heterocycles. The summed E-state index contributed by atoms with van der Waals surface area (Å²) in [4.78, 5) is 18.7. The van der Waals surface area contributed by atoms with Crippen molar-refractivity contribution in [2.75, 3.05) is 18.8 Å². The van der Waals surface area contributed by atoms with Crippen LogP contribution in [0, 0.1) is 6.92 Å². The van der Waals surface area contributed by atoms with Crippen LogP contribution < -0.4 is 0 Å². The molecule has 4 rings (SSSR count). The van der Waals surface area contributed by atoms with Gasteiger partial charge in [0.1, 0.15) is 5.76 Å². The van der Waals surface area contributed by atoms with Crippen molar-refractivity contribution in [1.82, 2.24) is 9.88 Å². The molecule has 0 unspecified atom stereocenters. The smallest absolute Gasteiger partial charge is 0.230 e. The molecule has 2 aliphatic rings. The molecule has 2 saturated heterocycles. The molecule has 1 spiro atoms. The number of hydrogen-bond donors (Lipinski definition) is 0. The second-order valence-corrected chi connectivity index (χ2v) is 8.40. The number of likely N-dealkylation sites (tertiary alicyclic amines) is 1. The fourth-order valence-corrected chi connectivity index (χ4v) is 5.06. The van der Waals surface area contributed by atoms with E-state index in [1.54, 1.807) is 6.26 Å². The van der Waals surface area contributed by atoms with Crippen molar-refractivity contribution in [2.24, 2.45) is 0 Å². The number of carbonyl (C=O) groups is 1. The van der Waals surface area contributed by atoms with Crippen molar-refractivity contribution in [2.45, 2.75) is 37.2 Å². The van der Waals surface area contributed by atoms with Crippen LogP contribution in [0.2, 0.25) is 0 Å². The molecular formula is C19H22N2O3S. The minimum atomic E-state index is 0.148. The Morgan fingerprint density at radius 3 is 3.04 bits per heavy atom. The number of aromatic nitrogens is 1. The first-order valence-electron chi connectivity index (χ1n) is 8.60. The van der Waals surface area contributed by atoms with Gasteiger partial charge >= 0.3 is 0 Å². The second kappa shape index (κ2) is 6.84. The van der Waals surface area contributed by atoms with Gasteiger partial charge in [-0.2, -0.15) is 0 Å². The lowest BCUT2D eigenvalue weighted by Crippen LogP contribution is -2.61. The number of amides is 1. The van der Waals surface area contributed by atoms with Gasteiger partial charge in [0.05, 0.1) is 35.8 Å². The van der Waals surface area contributed by atoms with Crippen molar-refractivity contribution < 1.29 is 13.9 Å². The van der Waals surface area contributed by atoms with Gasteiger partial charge in [-0.25, -0.2) is 0 Å². The van der Waals surface area contributed by atoms with E-state index in [2.05, 4.69) is 4.98 Å². The first-order valence-corrected chi connectivity index (χ1v) is 9.59. The van der Waals surface area contributed by atoms with Crippen molar-refractivity contribution >= 4 is 17.7 Å². The topological polar surface area (TPSA) is 55.6 Å². The molecule has 5 nitrogen and oxygen atoms in total. The second-order valence-electron chi connectivity index (χ2n) is 6.91. The number of ether oxygens (including phenoxy) is 1. The normalized spacial score (nSPS) is 21.5. The molecule has 0 aliphatic carbocycles. The summed E-state index contributed by atoms with van der Waals surface area (Å²) < 4.78 is 11.5. The summed E-state index contributed by atoms with van der Waals surface area (Å²) in [5.74, 6) is 1.87. The minimum absolute atomic E-state index is 0.148. The number of thioether (sulfide) groups is 1. The maximum Gasteiger partial charge on any atom is 0.230 e. The van der Waals surface area contributed by atoms with E-state index in [1.165, 1.54) is 0 Å². The average Bonchev–Trinajstić information content (AvgIpc) is 3.21. The molecule has 2 aromatic heterocycles. The number of hydrogen-bond acceptors (Lipinski definition) is 5. The summed E-state index contributed by atoms with van der Waals surface area (Å²) >= 11 is 1.94. The summed E-state index contributed by atoms with van der Waals surface area (Å²) in [6.45, 7) is 4.19. The molecule has 2 aromatic rings. The third kappa shape index (κ3) is 3.75. The molecule has 6 heteroatoms. The van der Waals surface area contributed by atoms with Gasteiger partial charge in [0.2, 0.25) is 5.91 Å². The van der Waals surface area contributed by atoms with Gasteiger partial charge in [-0.3, -0.25) is 9.78 Å². The maximum atomic E-state index is 12.3. The number of rotatable bonds is 5. The highest BCUT2D eigenvalue weighted by Crippen LogP contribution is 2.46. The van der Waals surface area contributed by atoms with Crippen LogP contribution in [-0.2, 0) is 22.6 Å². The Labute approximate surface area is 151 Å². The van der Waals surface area contributed by atoms with E-state index < -0.39 is 0 Å². The molecule has 132 valence electrons. The minimum Gasteiger partial charge on any atom is -0.469 e. The maximum absolute atomic E-state index is 12.3. The highest BCUT2D eigenvalue weighted by molar-refractivity contribution is 8.01. The molecule has 2 aliphatic heterocycles. The van der Waals surface area contributed by atoms with Crippen LogP contribution in [0.5, 0.6) is 0 Å². The first-order chi connectivity index (χ1) is 12.1. The van der Waals surface area contributed by atoms with Crippen LogP contribution in [0.25, 0.3) is 0 Å². The van der Waals surface area contributed by atoms with E-state index in [0.29, 0.717) is 13.0 Å². The molecule has 1 amide bonds. The summed E-state index contributed by atoms with van der Waals surface area (Å²) in [7, 11) is 0. The van der Waals surface area contributed by atoms with Crippen molar-refractivity contribution in [3.8, 4) is 0 Å².